The largest absolute Gasteiger partial charge is 0.491 e. The van der Waals surface area contributed by atoms with Gasteiger partial charge < -0.3 is 28.1 Å². The minimum Gasteiger partial charge on any atom is -0.491 e. The summed E-state index contributed by atoms with van der Waals surface area (Å²) in [7, 11) is 0. The van der Waals surface area contributed by atoms with Gasteiger partial charge in [-0.05, 0) is 155 Å². The van der Waals surface area contributed by atoms with Crippen LogP contribution in [0.2, 0.25) is 11.6 Å². The summed E-state index contributed by atoms with van der Waals surface area (Å²) >= 11 is 0. The van der Waals surface area contributed by atoms with Gasteiger partial charge in [0.25, 0.3) is 0 Å². The Morgan fingerprint density at radius 2 is 0.736 bits per heavy atom. The predicted molar refractivity (Wildman–Crippen MR) is 442 cm³/mol. The molecule has 6 heterocycles. The molecule has 14 aromatic carbocycles. The van der Waals surface area contributed by atoms with E-state index in [-0.39, 0.29) is 48.0 Å². The van der Waals surface area contributed by atoms with Crippen molar-refractivity contribution in [3.63, 3.8) is 0 Å². The molecule has 0 bridgehead atoms. The molecule has 8 heteroatoms. The van der Waals surface area contributed by atoms with Gasteiger partial charge in [-0.1, -0.05) is 284 Å². The number of rotatable bonds is 8. The molecule has 16 aromatic rings. The second kappa shape index (κ2) is 23.8. The first-order valence-electron chi connectivity index (χ1n) is 37.7. The number of nitrogens with zero attached hydrogens (tertiary/aromatic N) is 2. The van der Waals surface area contributed by atoms with Crippen molar-refractivity contribution in [1.29, 1.82) is 0 Å². The number of ether oxygens (including phenoxy) is 2. The quantitative estimate of drug-likeness (QED) is 0.141. The fraction of sp³-hybridized carbons (Fsp3) is 0.143. The monoisotopic (exact) mass is 1370 g/mol. The first-order chi connectivity index (χ1) is 51.9. The van der Waals surface area contributed by atoms with E-state index in [9.17, 15) is 0 Å². The lowest BCUT2D eigenvalue weighted by Gasteiger charge is -2.60. The summed E-state index contributed by atoms with van der Waals surface area (Å²) in [6, 6.07) is 115. The van der Waals surface area contributed by atoms with Crippen LogP contribution in [0.3, 0.4) is 0 Å². The minimum absolute atomic E-state index is 0.144. The van der Waals surface area contributed by atoms with Crippen molar-refractivity contribution in [2.75, 3.05) is 9.80 Å². The van der Waals surface area contributed by atoms with E-state index >= 15 is 0 Å². The second-order valence-electron chi connectivity index (χ2n) is 32.0. The third kappa shape index (κ3) is 9.65. The van der Waals surface area contributed by atoms with Crippen LogP contribution in [0.1, 0.15) is 59.1 Å². The van der Waals surface area contributed by atoms with Crippen LogP contribution in [0.15, 0.2) is 318 Å². The molecular formula is C98H76B2N2O4. The molecule has 106 heavy (non-hydrogen) atoms. The van der Waals surface area contributed by atoms with Gasteiger partial charge in [-0.25, -0.2) is 0 Å². The van der Waals surface area contributed by atoms with E-state index in [0.717, 1.165) is 150 Å². The van der Waals surface area contributed by atoms with E-state index in [4.69, 9.17) is 18.3 Å². The molecule has 1 fully saturated rings. The molecule has 0 radical (unpaired) electrons. The Balaban J connectivity index is 0.935. The van der Waals surface area contributed by atoms with E-state index < -0.39 is 6.10 Å². The fourth-order valence-electron chi connectivity index (χ4n) is 19.2. The molecule has 0 amide bonds. The number of benzene rings is 14. The number of fused-ring (bicyclic) bond motifs is 17. The SMILES string of the molecule is CC(C)(C)c1ccc2c(c1)N(c1c(-c3ccccc3)cc(-c3ccccc3)cc1-c1ccccc1)c1cc(C(C)(C)C)cc3c1B2C1C2Oc4c(ccc5oc6ccccc6c45)B4c5ccc6oc7ccccc7c6c5OC(CC1N3c1c(-c3ccccc3)cc(-c3ccccc3)cc1-c1ccccc1)C42. The van der Waals surface area contributed by atoms with E-state index in [2.05, 4.69) is 361 Å². The van der Waals surface area contributed by atoms with Gasteiger partial charge in [-0.2, -0.15) is 0 Å². The highest BCUT2D eigenvalue weighted by Crippen LogP contribution is 2.62. The molecule has 0 spiro atoms. The van der Waals surface area contributed by atoms with Crippen LogP contribution >= 0.6 is 0 Å². The van der Waals surface area contributed by atoms with Gasteiger partial charge in [0, 0.05) is 74.2 Å². The third-order valence-electron chi connectivity index (χ3n) is 24.0. The van der Waals surface area contributed by atoms with Crippen LogP contribution in [0.4, 0.5) is 28.4 Å². The Labute approximate surface area is 619 Å². The van der Waals surface area contributed by atoms with Crippen LogP contribution < -0.4 is 41.1 Å². The lowest BCUT2D eigenvalue weighted by molar-refractivity contribution is 0.0530. The first-order valence-corrected chi connectivity index (χ1v) is 37.7. The summed E-state index contributed by atoms with van der Waals surface area (Å²) in [6.45, 7) is 13.9. The number of hydrogen-bond acceptors (Lipinski definition) is 6. The van der Waals surface area contributed by atoms with Gasteiger partial charge in [0.15, 0.2) is 0 Å². The first kappa shape index (κ1) is 62.6. The average Bonchev–Trinajstić information content (AvgIpc) is 0.776. The zero-order valence-corrected chi connectivity index (χ0v) is 60.2. The summed E-state index contributed by atoms with van der Waals surface area (Å²) < 4.78 is 30.5. The maximum absolute atomic E-state index is 8.57. The molecule has 2 aromatic heterocycles. The molecule has 0 saturated heterocycles. The summed E-state index contributed by atoms with van der Waals surface area (Å²) in [5.74, 6) is 1.42. The lowest BCUT2D eigenvalue weighted by atomic mass is 9.21. The van der Waals surface area contributed by atoms with Crippen molar-refractivity contribution in [2.24, 2.45) is 0 Å². The topological polar surface area (TPSA) is 51.2 Å². The maximum atomic E-state index is 8.57. The van der Waals surface area contributed by atoms with Crippen molar-refractivity contribution in [3.8, 4) is 78.3 Å². The molecule has 0 N–H and O–H groups in total. The number of furan rings is 2. The normalized spacial score (nSPS) is 17.7. The third-order valence-corrected chi connectivity index (χ3v) is 24.0. The van der Waals surface area contributed by atoms with Crippen LogP contribution in [-0.2, 0) is 10.8 Å². The van der Waals surface area contributed by atoms with Gasteiger partial charge in [-0.3, -0.25) is 0 Å². The zero-order chi connectivity index (χ0) is 70.8. The molecule has 5 aliphatic rings. The Hall–Kier alpha value is -12.0. The number of para-hydroxylation sites is 2. The van der Waals surface area contributed by atoms with E-state index in [1.165, 1.54) is 33.4 Å². The zero-order valence-electron chi connectivity index (χ0n) is 60.2. The molecule has 1 saturated carbocycles. The highest BCUT2D eigenvalue weighted by molar-refractivity contribution is 6.92. The molecule has 5 unspecified atom stereocenters. The maximum Gasteiger partial charge on any atom is 0.229 e. The lowest BCUT2D eigenvalue weighted by Crippen LogP contribution is -2.73. The highest BCUT2D eigenvalue weighted by atomic mass is 16.5. The standard InChI is InChI=1S/C98H76B2N2O4/c1-97(2,3)67-45-46-75-78(55-67)101(92-71(61-33-17-9-18-34-61)51-65(59-29-13-7-14-30-59)52-72(92)62-35-19-10-20-36-62)79-56-68(98(4,5)6)57-80-89(79)100(75)90-81(102(80)93-73(63-37-21-11-22-38-63)53-66(60-31-15-8-16-32-60)54-74(93)64-39-23-12-24-40-64)58-86-91-96(90)106-95-77(48-50-85-88(95)70-42-26-28-44-83(70)104-85)99(91)76-47-49-84-87(94(76)105-86)69-41-25-27-43-82(69)103-84/h7-57,81,86,90-91,96H,58H2,1-6H3. The fourth-order valence-corrected chi connectivity index (χ4v) is 19.2. The van der Waals surface area contributed by atoms with E-state index in [1.807, 2.05) is 0 Å². The molecule has 21 rings (SSSR count). The molecule has 4 aliphatic heterocycles. The Kier molecular flexibility index (Phi) is 14.0. The van der Waals surface area contributed by atoms with Crippen molar-refractivity contribution in [1.82, 2.24) is 0 Å². The molecule has 6 nitrogen and oxygen atoms in total. The Bertz CT molecular complexity index is 6080. The number of hydrogen-bond donors (Lipinski definition) is 0. The molecular weight excluding hydrogens is 1290 g/mol. The highest BCUT2D eigenvalue weighted by Gasteiger charge is 2.65. The summed E-state index contributed by atoms with van der Waals surface area (Å²) in [4.78, 5) is 5.62. The van der Waals surface area contributed by atoms with Crippen LogP contribution in [0.25, 0.3) is 111 Å². The summed E-state index contributed by atoms with van der Waals surface area (Å²) in [5, 5.41) is 4.12. The van der Waals surface area contributed by atoms with Crippen LogP contribution in [0, 0.1) is 0 Å². The second-order valence-corrected chi connectivity index (χ2v) is 32.0. The number of anilines is 5. The van der Waals surface area contributed by atoms with Crippen LogP contribution in [-0.4, -0.2) is 31.7 Å². The molecule has 508 valence electrons. The van der Waals surface area contributed by atoms with Crippen molar-refractivity contribution in [3.05, 3.63) is 321 Å². The van der Waals surface area contributed by atoms with Gasteiger partial charge in [0.1, 0.15) is 39.9 Å². The van der Waals surface area contributed by atoms with Gasteiger partial charge in [0.2, 0.25) is 13.4 Å². The Morgan fingerprint density at radius 1 is 0.330 bits per heavy atom. The van der Waals surface area contributed by atoms with Gasteiger partial charge in [-0.15, -0.1) is 0 Å². The smallest absolute Gasteiger partial charge is 0.229 e. The van der Waals surface area contributed by atoms with Crippen molar-refractivity contribution < 1.29 is 18.3 Å². The molecule has 5 atom stereocenters. The minimum atomic E-state index is -0.434. The summed E-state index contributed by atoms with van der Waals surface area (Å²) in [6.07, 6.45) is -0.0933. The van der Waals surface area contributed by atoms with Crippen LogP contribution in [0.5, 0.6) is 11.5 Å². The Morgan fingerprint density at radius 3 is 1.21 bits per heavy atom. The van der Waals surface area contributed by atoms with Gasteiger partial charge in [0.05, 0.1) is 28.3 Å². The summed E-state index contributed by atoms with van der Waals surface area (Å²) in [5.41, 5.74) is 29.6. The average molecular weight is 1370 g/mol. The van der Waals surface area contributed by atoms with Gasteiger partial charge >= 0.3 is 0 Å². The van der Waals surface area contributed by atoms with Crippen molar-refractivity contribution in [2.45, 2.75) is 88.7 Å². The van der Waals surface area contributed by atoms with E-state index in [0.29, 0.717) is 6.42 Å². The predicted octanol–water partition coefficient (Wildman–Crippen LogP) is 23.0. The van der Waals surface area contributed by atoms with E-state index in [1.54, 1.807) is 0 Å². The van der Waals surface area contributed by atoms with Crippen molar-refractivity contribution >= 4 is 108 Å². The molecule has 1 aliphatic carbocycles.